The monoisotopic (exact) mass is 213 g/mol. The van der Waals surface area contributed by atoms with Crippen LogP contribution < -0.4 is 0 Å². The number of ketones is 1. The van der Waals surface area contributed by atoms with Crippen LogP contribution in [0.25, 0.3) is 0 Å². The van der Waals surface area contributed by atoms with E-state index in [0.717, 1.165) is 6.42 Å². The first-order valence-corrected chi connectivity index (χ1v) is 5.35. The van der Waals surface area contributed by atoms with Crippen molar-refractivity contribution in [3.63, 3.8) is 0 Å². The molecular formula is C11H19NO3. The topological polar surface area (TPSA) is 46.6 Å². The fraction of sp³-hybridized carbons (Fsp3) is 0.818. The number of hydrogen-bond donors (Lipinski definition) is 0. The van der Waals surface area contributed by atoms with Gasteiger partial charge in [-0.1, -0.05) is 6.92 Å². The number of rotatable bonds is 1. The fourth-order valence-corrected chi connectivity index (χ4v) is 1.66. The Morgan fingerprint density at radius 2 is 2.13 bits per heavy atom. The van der Waals surface area contributed by atoms with Crippen molar-refractivity contribution in [2.75, 3.05) is 6.54 Å². The fourth-order valence-electron chi connectivity index (χ4n) is 1.66. The van der Waals surface area contributed by atoms with Gasteiger partial charge in [0.05, 0.1) is 6.54 Å². The molecule has 86 valence electrons. The summed E-state index contributed by atoms with van der Waals surface area (Å²) in [5.74, 6) is 0.118. The predicted molar refractivity (Wildman–Crippen MR) is 56.6 cm³/mol. The summed E-state index contributed by atoms with van der Waals surface area (Å²) in [4.78, 5) is 24.5. The Morgan fingerprint density at radius 3 is 2.60 bits per heavy atom. The first-order valence-electron chi connectivity index (χ1n) is 5.35. The number of hydrogen-bond acceptors (Lipinski definition) is 3. The second kappa shape index (κ2) is 4.21. The minimum absolute atomic E-state index is 0.0207. The van der Waals surface area contributed by atoms with Gasteiger partial charge in [-0.3, -0.25) is 9.69 Å². The van der Waals surface area contributed by atoms with E-state index in [9.17, 15) is 9.59 Å². The molecule has 4 heteroatoms. The maximum absolute atomic E-state index is 11.7. The van der Waals surface area contributed by atoms with E-state index in [0.29, 0.717) is 6.42 Å². The van der Waals surface area contributed by atoms with Gasteiger partial charge in [0.1, 0.15) is 5.60 Å². The minimum Gasteiger partial charge on any atom is -0.444 e. The molecule has 0 aromatic carbocycles. The molecule has 0 saturated carbocycles. The van der Waals surface area contributed by atoms with Crippen molar-refractivity contribution in [2.45, 2.75) is 52.2 Å². The third-order valence-corrected chi connectivity index (χ3v) is 2.35. The number of carbonyl (C=O) groups is 2. The van der Waals surface area contributed by atoms with Gasteiger partial charge in [0, 0.05) is 12.5 Å². The molecular weight excluding hydrogens is 194 g/mol. The maximum atomic E-state index is 11.7. The number of ether oxygens (including phenoxy) is 1. The van der Waals surface area contributed by atoms with Crippen LogP contribution in [0, 0.1) is 0 Å². The lowest BCUT2D eigenvalue weighted by molar-refractivity contribution is -0.117. The van der Waals surface area contributed by atoms with Crippen LogP contribution in [0.5, 0.6) is 0 Å². The van der Waals surface area contributed by atoms with Crippen LogP contribution >= 0.6 is 0 Å². The van der Waals surface area contributed by atoms with Crippen molar-refractivity contribution in [3.05, 3.63) is 0 Å². The van der Waals surface area contributed by atoms with Crippen LogP contribution in [-0.4, -0.2) is 35.0 Å². The van der Waals surface area contributed by atoms with E-state index in [1.165, 1.54) is 4.90 Å². The van der Waals surface area contributed by atoms with E-state index in [-0.39, 0.29) is 24.5 Å². The molecule has 1 rings (SSSR count). The highest BCUT2D eigenvalue weighted by molar-refractivity contribution is 5.88. The van der Waals surface area contributed by atoms with E-state index >= 15 is 0 Å². The molecule has 0 N–H and O–H groups in total. The predicted octanol–water partition coefficient (Wildman–Crippen LogP) is 1.97. The molecule has 1 saturated heterocycles. The van der Waals surface area contributed by atoms with E-state index in [1.54, 1.807) is 0 Å². The summed E-state index contributed by atoms with van der Waals surface area (Å²) in [5.41, 5.74) is -0.499. The van der Waals surface area contributed by atoms with Crippen LogP contribution in [0.2, 0.25) is 0 Å². The molecule has 1 heterocycles. The van der Waals surface area contributed by atoms with Crippen molar-refractivity contribution in [2.24, 2.45) is 0 Å². The minimum atomic E-state index is -0.499. The van der Waals surface area contributed by atoms with Crippen molar-refractivity contribution in [3.8, 4) is 0 Å². The Morgan fingerprint density at radius 1 is 1.53 bits per heavy atom. The van der Waals surface area contributed by atoms with E-state index in [4.69, 9.17) is 4.74 Å². The molecule has 1 amide bonds. The summed E-state index contributed by atoms with van der Waals surface area (Å²) in [6, 6.07) is 0.0207. The van der Waals surface area contributed by atoms with E-state index in [1.807, 2.05) is 27.7 Å². The quantitative estimate of drug-likeness (QED) is 0.669. The van der Waals surface area contributed by atoms with Gasteiger partial charge in [0.25, 0.3) is 0 Å². The highest BCUT2D eigenvalue weighted by Crippen LogP contribution is 2.20. The third-order valence-electron chi connectivity index (χ3n) is 2.35. The van der Waals surface area contributed by atoms with Crippen LogP contribution in [0.3, 0.4) is 0 Å². The van der Waals surface area contributed by atoms with E-state index in [2.05, 4.69) is 0 Å². The maximum Gasteiger partial charge on any atom is 0.410 e. The largest absolute Gasteiger partial charge is 0.444 e. The molecule has 0 radical (unpaired) electrons. The molecule has 15 heavy (non-hydrogen) atoms. The highest BCUT2D eigenvalue weighted by atomic mass is 16.6. The SMILES string of the molecule is CCC1CC(=O)CN1C(=O)OC(C)(C)C. The Balaban J connectivity index is 2.63. The van der Waals surface area contributed by atoms with Gasteiger partial charge >= 0.3 is 6.09 Å². The van der Waals surface area contributed by atoms with Crippen LogP contribution in [-0.2, 0) is 9.53 Å². The Kier molecular flexibility index (Phi) is 3.37. The van der Waals surface area contributed by atoms with Gasteiger partial charge in [-0.15, -0.1) is 0 Å². The lowest BCUT2D eigenvalue weighted by Gasteiger charge is -2.27. The molecule has 0 aromatic rings. The Labute approximate surface area is 90.6 Å². The van der Waals surface area contributed by atoms with Gasteiger partial charge < -0.3 is 4.74 Å². The van der Waals surface area contributed by atoms with Gasteiger partial charge in [0.15, 0.2) is 5.78 Å². The molecule has 1 unspecified atom stereocenters. The summed E-state index contributed by atoms with van der Waals surface area (Å²) in [7, 11) is 0. The Bertz CT molecular complexity index is 267. The molecule has 0 aromatic heterocycles. The van der Waals surface area contributed by atoms with Crippen LogP contribution in [0.1, 0.15) is 40.5 Å². The average molecular weight is 213 g/mol. The summed E-state index contributed by atoms with van der Waals surface area (Å²) < 4.78 is 5.24. The number of amides is 1. The zero-order valence-electron chi connectivity index (χ0n) is 9.87. The third kappa shape index (κ3) is 3.22. The van der Waals surface area contributed by atoms with Crippen LogP contribution in [0.15, 0.2) is 0 Å². The average Bonchev–Trinajstić information content (AvgIpc) is 2.43. The summed E-state index contributed by atoms with van der Waals surface area (Å²) >= 11 is 0. The summed E-state index contributed by atoms with van der Waals surface area (Å²) in [5, 5.41) is 0. The van der Waals surface area contributed by atoms with Crippen molar-refractivity contribution in [1.29, 1.82) is 0 Å². The molecule has 1 atom stereocenters. The molecule has 1 aliphatic heterocycles. The number of nitrogens with zero attached hydrogens (tertiary/aromatic N) is 1. The molecule has 1 fully saturated rings. The van der Waals surface area contributed by atoms with Crippen molar-refractivity contribution < 1.29 is 14.3 Å². The second-order valence-electron chi connectivity index (χ2n) is 4.91. The highest BCUT2D eigenvalue weighted by Gasteiger charge is 2.35. The smallest absolute Gasteiger partial charge is 0.410 e. The van der Waals surface area contributed by atoms with Gasteiger partial charge in [-0.25, -0.2) is 4.79 Å². The summed E-state index contributed by atoms with van der Waals surface area (Å²) in [6.07, 6.45) is 0.890. The Hall–Kier alpha value is -1.06. The zero-order valence-corrected chi connectivity index (χ0v) is 9.87. The molecule has 4 nitrogen and oxygen atoms in total. The number of likely N-dealkylation sites (tertiary alicyclic amines) is 1. The number of Topliss-reactive ketones (excluding diaryl/α,β-unsaturated/α-hetero) is 1. The van der Waals surface area contributed by atoms with E-state index < -0.39 is 5.60 Å². The normalized spacial score (nSPS) is 22.0. The van der Waals surface area contributed by atoms with Crippen LogP contribution in [0.4, 0.5) is 4.79 Å². The second-order valence-corrected chi connectivity index (χ2v) is 4.91. The molecule has 0 bridgehead atoms. The van der Waals surface area contributed by atoms with Gasteiger partial charge in [-0.2, -0.15) is 0 Å². The zero-order chi connectivity index (χ0) is 11.6. The van der Waals surface area contributed by atoms with Crippen molar-refractivity contribution in [1.82, 2.24) is 4.90 Å². The molecule has 0 aliphatic carbocycles. The molecule has 1 aliphatic rings. The summed E-state index contributed by atoms with van der Waals surface area (Å²) in [6.45, 7) is 7.64. The first kappa shape index (κ1) is 12.0. The van der Waals surface area contributed by atoms with Gasteiger partial charge in [-0.05, 0) is 27.2 Å². The standard InChI is InChI=1S/C11H19NO3/c1-5-8-6-9(13)7-12(8)10(14)15-11(2,3)4/h8H,5-7H2,1-4H3. The number of carbonyl (C=O) groups excluding carboxylic acids is 2. The first-order chi connectivity index (χ1) is 6.83. The molecule has 0 spiro atoms. The van der Waals surface area contributed by atoms with Gasteiger partial charge in [0.2, 0.25) is 0 Å². The lowest BCUT2D eigenvalue weighted by atomic mass is 10.1. The lowest BCUT2D eigenvalue weighted by Crippen LogP contribution is -2.39. The van der Waals surface area contributed by atoms with Crippen molar-refractivity contribution >= 4 is 11.9 Å².